The molecule has 0 radical (unpaired) electrons. The van der Waals surface area contributed by atoms with Crippen molar-refractivity contribution in [3.05, 3.63) is 51.6 Å². The molecule has 0 amide bonds. The first-order valence-corrected chi connectivity index (χ1v) is 8.93. The maximum absolute atomic E-state index is 12.9. The van der Waals surface area contributed by atoms with E-state index in [9.17, 15) is 4.79 Å². The first-order valence-electron chi connectivity index (χ1n) is 8.93. The summed E-state index contributed by atoms with van der Waals surface area (Å²) >= 11 is 0. The Kier molecular flexibility index (Phi) is 3.80. The number of ether oxygens (including phenoxy) is 1. The second kappa shape index (κ2) is 5.85. The fraction of sp³-hybridized carbons (Fsp3) is 0.500. The zero-order chi connectivity index (χ0) is 16.7. The summed E-state index contributed by atoms with van der Waals surface area (Å²) in [6, 6.07) is 8.39. The fourth-order valence-corrected chi connectivity index (χ4v) is 4.36. The third-order valence-corrected chi connectivity index (χ3v) is 5.41. The van der Waals surface area contributed by atoms with Gasteiger partial charge in [0.25, 0.3) is 5.56 Å². The van der Waals surface area contributed by atoms with Crippen molar-refractivity contribution in [2.24, 2.45) is 0 Å². The Morgan fingerprint density at radius 3 is 2.75 bits per heavy atom. The van der Waals surface area contributed by atoms with Crippen LogP contribution in [0.3, 0.4) is 0 Å². The molecule has 1 fully saturated rings. The maximum Gasteiger partial charge on any atom is 0.255 e. The van der Waals surface area contributed by atoms with Gasteiger partial charge in [0.05, 0.1) is 17.4 Å². The highest BCUT2D eigenvalue weighted by Gasteiger charge is 2.43. The SMILES string of the molecule is CC(C)OCc1nc2c(c(=O)[nH]1)C1(CCCC1)Cc1ccccc1-2. The van der Waals surface area contributed by atoms with Gasteiger partial charge in [-0.2, -0.15) is 0 Å². The topological polar surface area (TPSA) is 55.0 Å². The number of aromatic nitrogens is 2. The molecule has 1 aromatic carbocycles. The quantitative estimate of drug-likeness (QED) is 0.936. The molecule has 0 bridgehead atoms. The molecule has 126 valence electrons. The third-order valence-electron chi connectivity index (χ3n) is 5.41. The Bertz CT molecular complexity index is 817. The smallest absolute Gasteiger partial charge is 0.255 e. The summed E-state index contributed by atoms with van der Waals surface area (Å²) in [5, 5.41) is 0. The normalized spacial score (nSPS) is 18.0. The molecule has 2 aliphatic rings. The number of nitrogens with one attached hydrogen (secondary N) is 1. The van der Waals surface area contributed by atoms with Crippen LogP contribution >= 0.6 is 0 Å². The highest BCUT2D eigenvalue weighted by Crippen LogP contribution is 2.49. The molecule has 4 nitrogen and oxygen atoms in total. The number of hydrogen-bond donors (Lipinski definition) is 1. The predicted octanol–water partition coefficient (Wildman–Crippen LogP) is 3.73. The van der Waals surface area contributed by atoms with Crippen LogP contribution in [0.15, 0.2) is 29.1 Å². The van der Waals surface area contributed by atoms with E-state index in [1.807, 2.05) is 19.9 Å². The minimum absolute atomic E-state index is 0.0261. The van der Waals surface area contributed by atoms with Crippen LogP contribution < -0.4 is 5.56 Å². The van der Waals surface area contributed by atoms with Crippen LogP contribution in [0.4, 0.5) is 0 Å². The number of aromatic amines is 1. The Labute approximate surface area is 142 Å². The maximum atomic E-state index is 12.9. The number of rotatable bonds is 3. The van der Waals surface area contributed by atoms with E-state index in [4.69, 9.17) is 9.72 Å². The van der Waals surface area contributed by atoms with Gasteiger partial charge in [0, 0.05) is 11.0 Å². The standard InChI is InChI=1S/C20H24N2O2/c1-13(2)24-12-16-21-18-15-8-4-3-7-14(15)11-20(9-5-6-10-20)17(18)19(23)22-16/h3-4,7-8,13H,5-6,9-12H2,1-2H3,(H,21,22,23). The van der Waals surface area contributed by atoms with E-state index in [0.29, 0.717) is 12.4 Å². The zero-order valence-electron chi connectivity index (χ0n) is 14.4. The Morgan fingerprint density at radius 2 is 2.00 bits per heavy atom. The van der Waals surface area contributed by atoms with Crippen LogP contribution in [-0.4, -0.2) is 16.1 Å². The van der Waals surface area contributed by atoms with Gasteiger partial charge in [-0.3, -0.25) is 4.79 Å². The molecule has 1 N–H and O–H groups in total. The van der Waals surface area contributed by atoms with E-state index < -0.39 is 0 Å². The van der Waals surface area contributed by atoms with Gasteiger partial charge in [0.1, 0.15) is 12.4 Å². The minimum Gasteiger partial charge on any atom is -0.371 e. The fourth-order valence-electron chi connectivity index (χ4n) is 4.36. The summed E-state index contributed by atoms with van der Waals surface area (Å²) in [5.41, 5.74) is 4.22. The molecule has 0 saturated heterocycles. The molecule has 0 unspecified atom stereocenters. The lowest BCUT2D eigenvalue weighted by atomic mass is 9.68. The number of H-pyrrole nitrogens is 1. The Morgan fingerprint density at radius 1 is 1.25 bits per heavy atom. The zero-order valence-corrected chi connectivity index (χ0v) is 14.4. The van der Waals surface area contributed by atoms with Crippen molar-refractivity contribution in [3.8, 4) is 11.3 Å². The molecule has 0 aliphatic heterocycles. The number of hydrogen-bond acceptors (Lipinski definition) is 3. The van der Waals surface area contributed by atoms with E-state index >= 15 is 0 Å². The van der Waals surface area contributed by atoms with Gasteiger partial charge in [0.2, 0.25) is 0 Å². The van der Waals surface area contributed by atoms with Gasteiger partial charge < -0.3 is 9.72 Å². The number of nitrogens with zero attached hydrogens (tertiary/aromatic N) is 1. The van der Waals surface area contributed by atoms with E-state index in [2.05, 4.69) is 23.2 Å². The van der Waals surface area contributed by atoms with E-state index in [-0.39, 0.29) is 17.1 Å². The van der Waals surface area contributed by atoms with E-state index in [1.54, 1.807) is 0 Å². The minimum atomic E-state index is -0.0261. The monoisotopic (exact) mass is 324 g/mol. The lowest BCUT2D eigenvalue weighted by Crippen LogP contribution is -2.37. The molecule has 24 heavy (non-hydrogen) atoms. The molecule has 1 heterocycles. The molecule has 0 atom stereocenters. The summed E-state index contributed by atoms with van der Waals surface area (Å²) in [7, 11) is 0. The highest BCUT2D eigenvalue weighted by molar-refractivity contribution is 5.71. The van der Waals surface area contributed by atoms with Gasteiger partial charge in [-0.05, 0) is 38.7 Å². The first kappa shape index (κ1) is 15.6. The third kappa shape index (κ3) is 2.49. The van der Waals surface area contributed by atoms with Crippen molar-refractivity contribution >= 4 is 0 Å². The van der Waals surface area contributed by atoms with Crippen molar-refractivity contribution < 1.29 is 4.74 Å². The number of benzene rings is 1. The lowest BCUT2D eigenvalue weighted by Gasteiger charge is -2.35. The molecule has 2 aromatic rings. The highest BCUT2D eigenvalue weighted by atomic mass is 16.5. The summed E-state index contributed by atoms with van der Waals surface area (Å²) in [6.07, 6.45) is 5.63. The average Bonchev–Trinajstić information content (AvgIpc) is 3.01. The Balaban J connectivity index is 1.88. The molecule has 1 saturated carbocycles. The van der Waals surface area contributed by atoms with Gasteiger partial charge in [-0.1, -0.05) is 37.1 Å². The molecular weight excluding hydrogens is 300 g/mol. The molecule has 4 rings (SSSR count). The molecule has 1 spiro atoms. The van der Waals surface area contributed by atoms with Crippen molar-refractivity contribution in [3.63, 3.8) is 0 Å². The Hall–Kier alpha value is -1.94. The summed E-state index contributed by atoms with van der Waals surface area (Å²) < 4.78 is 5.65. The molecule has 2 aliphatic carbocycles. The van der Waals surface area contributed by atoms with E-state index in [0.717, 1.165) is 36.1 Å². The van der Waals surface area contributed by atoms with Crippen molar-refractivity contribution in [2.75, 3.05) is 0 Å². The van der Waals surface area contributed by atoms with Crippen LogP contribution in [0.5, 0.6) is 0 Å². The van der Waals surface area contributed by atoms with Crippen LogP contribution in [-0.2, 0) is 23.2 Å². The molecule has 4 heteroatoms. The average molecular weight is 324 g/mol. The lowest BCUT2D eigenvalue weighted by molar-refractivity contribution is 0.0611. The summed E-state index contributed by atoms with van der Waals surface area (Å²) in [5.74, 6) is 0.622. The van der Waals surface area contributed by atoms with Crippen LogP contribution in [0.2, 0.25) is 0 Å². The number of fused-ring (bicyclic) bond motifs is 4. The van der Waals surface area contributed by atoms with Crippen molar-refractivity contribution in [1.82, 2.24) is 9.97 Å². The van der Waals surface area contributed by atoms with Crippen molar-refractivity contribution in [2.45, 2.75) is 64.1 Å². The van der Waals surface area contributed by atoms with E-state index in [1.165, 1.54) is 18.4 Å². The second-order valence-electron chi connectivity index (χ2n) is 7.42. The first-order chi connectivity index (χ1) is 11.6. The summed E-state index contributed by atoms with van der Waals surface area (Å²) in [6.45, 7) is 4.31. The van der Waals surface area contributed by atoms with Gasteiger partial charge in [-0.15, -0.1) is 0 Å². The molecule has 1 aromatic heterocycles. The van der Waals surface area contributed by atoms with Crippen LogP contribution in [0, 0.1) is 0 Å². The van der Waals surface area contributed by atoms with Gasteiger partial charge >= 0.3 is 0 Å². The summed E-state index contributed by atoms with van der Waals surface area (Å²) in [4.78, 5) is 20.8. The molecular formula is C20H24N2O2. The van der Waals surface area contributed by atoms with Gasteiger partial charge in [0.15, 0.2) is 0 Å². The van der Waals surface area contributed by atoms with Gasteiger partial charge in [-0.25, -0.2) is 4.98 Å². The van der Waals surface area contributed by atoms with Crippen LogP contribution in [0.1, 0.15) is 56.5 Å². The largest absolute Gasteiger partial charge is 0.371 e. The van der Waals surface area contributed by atoms with Crippen LogP contribution in [0.25, 0.3) is 11.3 Å². The predicted molar refractivity (Wildman–Crippen MR) is 94.1 cm³/mol. The van der Waals surface area contributed by atoms with Crippen molar-refractivity contribution in [1.29, 1.82) is 0 Å². The second-order valence-corrected chi connectivity index (χ2v) is 7.42.